The maximum absolute atomic E-state index is 13.4. The van der Waals surface area contributed by atoms with Gasteiger partial charge in [-0.05, 0) is 42.2 Å². The Balaban J connectivity index is 0.00000462. The highest BCUT2D eigenvalue weighted by Gasteiger charge is 2.40. The normalized spacial score (nSPS) is 18.2. The van der Waals surface area contributed by atoms with E-state index >= 15 is 0 Å². The molecule has 1 unspecified atom stereocenters. The summed E-state index contributed by atoms with van der Waals surface area (Å²) in [6.07, 6.45) is -8.93. The molecule has 1 atom stereocenters. The number of rotatable bonds is 6. The zero-order valence-corrected chi connectivity index (χ0v) is 21.6. The lowest BCUT2D eigenvalue weighted by Crippen LogP contribution is -2.50. The summed E-state index contributed by atoms with van der Waals surface area (Å²) in [5.41, 5.74) is -2.62. The van der Waals surface area contributed by atoms with Gasteiger partial charge in [0.25, 0.3) is 0 Å². The number of hydrogen-bond donors (Lipinski definition) is 1. The van der Waals surface area contributed by atoms with Gasteiger partial charge >= 0.3 is 18.4 Å². The molecule has 2 aromatic carbocycles. The standard InChI is InChI=1S/C27H28F6N4O3.H2/c1-17(38)36-11-12-37(25(36)40)22-7-9-35(10-8-22)23(19-5-3-2-4-6-19)24(39)34-16-18-13-20(26(28,29)30)15-21(14-18)27(31,32)33;/h2-6,13-15,22-23H,7-12,16H2,1H3,(H,34,39);1H. The van der Waals surface area contributed by atoms with Crippen LogP contribution >= 0.6 is 0 Å². The van der Waals surface area contributed by atoms with Crippen molar-refractivity contribution in [3.05, 3.63) is 70.8 Å². The molecule has 4 rings (SSSR count). The summed E-state index contributed by atoms with van der Waals surface area (Å²) in [7, 11) is 0. The minimum absolute atomic E-state index is 0. The van der Waals surface area contributed by atoms with E-state index in [1.807, 2.05) is 4.90 Å². The molecule has 2 heterocycles. The molecule has 13 heteroatoms. The van der Waals surface area contributed by atoms with E-state index in [0.717, 1.165) is 0 Å². The summed E-state index contributed by atoms with van der Waals surface area (Å²) < 4.78 is 79.5. The van der Waals surface area contributed by atoms with Gasteiger partial charge in [0.15, 0.2) is 0 Å². The number of piperidine rings is 1. The van der Waals surface area contributed by atoms with Crippen molar-refractivity contribution >= 4 is 17.8 Å². The molecule has 0 aromatic heterocycles. The van der Waals surface area contributed by atoms with Gasteiger partial charge in [0, 0.05) is 47.1 Å². The van der Waals surface area contributed by atoms with Crippen molar-refractivity contribution in [3.8, 4) is 0 Å². The molecular formula is C27H30F6N4O3. The number of nitrogens with zero attached hydrogens (tertiary/aromatic N) is 3. The van der Waals surface area contributed by atoms with Gasteiger partial charge in [0.2, 0.25) is 11.8 Å². The number of imide groups is 1. The Morgan fingerprint density at radius 1 is 0.925 bits per heavy atom. The third-order valence-electron chi connectivity index (χ3n) is 7.20. The molecule has 40 heavy (non-hydrogen) atoms. The molecule has 2 aliphatic rings. The molecule has 218 valence electrons. The highest BCUT2D eigenvalue weighted by atomic mass is 19.4. The molecule has 4 amide bonds. The van der Waals surface area contributed by atoms with Crippen LogP contribution in [0.5, 0.6) is 0 Å². The number of hydrogen-bond acceptors (Lipinski definition) is 4. The van der Waals surface area contributed by atoms with Gasteiger partial charge in [-0.15, -0.1) is 0 Å². The van der Waals surface area contributed by atoms with Crippen molar-refractivity contribution in [2.45, 2.75) is 50.7 Å². The van der Waals surface area contributed by atoms with Crippen LogP contribution in [0.4, 0.5) is 31.1 Å². The van der Waals surface area contributed by atoms with Gasteiger partial charge in [-0.25, -0.2) is 4.79 Å². The van der Waals surface area contributed by atoms with E-state index < -0.39 is 42.0 Å². The molecule has 0 aliphatic carbocycles. The molecule has 2 fully saturated rings. The van der Waals surface area contributed by atoms with Crippen LogP contribution in [0.3, 0.4) is 0 Å². The topological polar surface area (TPSA) is 73.0 Å². The first-order valence-electron chi connectivity index (χ1n) is 12.7. The first kappa shape index (κ1) is 29.4. The van der Waals surface area contributed by atoms with Crippen LogP contribution in [0, 0.1) is 0 Å². The Hall–Kier alpha value is -3.61. The summed E-state index contributed by atoms with van der Waals surface area (Å²) in [4.78, 5) is 42.4. The van der Waals surface area contributed by atoms with E-state index in [4.69, 9.17) is 0 Å². The summed E-state index contributed by atoms with van der Waals surface area (Å²) in [6.45, 7) is 2.34. The quantitative estimate of drug-likeness (QED) is 0.491. The van der Waals surface area contributed by atoms with E-state index in [9.17, 15) is 40.7 Å². The van der Waals surface area contributed by atoms with Gasteiger partial charge in [-0.1, -0.05) is 30.3 Å². The predicted molar refractivity (Wildman–Crippen MR) is 134 cm³/mol. The average molecular weight is 573 g/mol. The molecule has 7 nitrogen and oxygen atoms in total. The van der Waals surface area contributed by atoms with Gasteiger partial charge in [0.1, 0.15) is 6.04 Å². The SMILES string of the molecule is CC(=O)N1CCN(C2CCN(C(C(=O)NCc3cc(C(F)(F)F)cc(C(F)(F)F)c3)c3ccccc3)CC2)C1=O.[HH]. The van der Waals surface area contributed by atoms with E-state index in [0.29, 0.717) is 56.7 Å². The molecule has 0 spiro atoms. The lowest BCUT2D eigenvalue weighted by atomic mass is 9.97. The van der Waals surface area contributed by atoms with Crippen LogP contribution < -0.4 is 5.32 Å². The van der Waals surface area contributed by atoms with Crippen molar-refractivity contribution in [2.75, 3.05) is 26.2 Å². The fourth-order valence-electron chi connectivity index (χ4n) is 5.21. The number of likely N-dealkylation sites (tertiary alicyclic amines) is 1. The Morgan fingerprint density at radius 2 is 1.50 bits per heavy atom. The smallest absolute Gasteiger partial charge is 0.350 e. The zero-order chi connectivity index (χ0) is 29.2. The second-order valence-corrected chi connectivity index (χ2v) is 9.86. The van der Waals surface area contributed by atoms with Gasteiger partial charge in [-0.2, -0.15) is 26.3 Å². The molecule has 2 aliphatic heterocycles. The molecule has 1 N–H and O–H groups in total. The highest BCUT2D eigenvalue weighted by Crippen LogP contribution is 2.36. The third kappa shape index (κ3) is 6.57. The number of benzene rings is 2. The minimum atomic E-state index is -4.99. The molecule has 0 bridgehead atoms. The number of carbonyl (C=O) groups excluding carboxylic acids is 3. The highest BCUT2D eigenvalue weighted by molar-refractivity contribution is 5.94. The lowest BCUT2D eigenvalue weighted by molar-refractivity contribution is -0.143. The van der Waals surface area contributed by atoms with Crippen LogP contribution in [-0.4, -0.2) is 64.8 Å². The van der Waals surface area contributed by atoms with Gasteiger partial charge in [-0.3, -0.25) is 19.4 Å². The molecular weight excluding hydrogens is 542 g/mol. The van der Waals surface area contributed by atoms with Crippen molar-refractivity contribution in [1.29, 1.82) is 0 Å². The van der Waals surface area contributed by atoms with Crippen LogP contribution in [0.25, 0.3) is 0 Å². The van der Waals surface area contributed by atoms with Crippen LogP contribution in [0.15, 0.2) is 48.5 Å². The van der Waals surface area contributed by atoms with E-state index in [1.54, 1.807) is 35.2 Å². The zero-order valence-electron chi connectivity index (χ0n) is 21.6. The molecule has 2 aromatic rings. The Bertz CT molecular complexity index is 1220. The summed E-state index contributed by atoms with van der Waals surface area (Å²) in [5, 5.41) is 2.52. The third-order valence-corrected chi connectivity index (χ3v) is 7.20. The Kier molecular flexibility index (Phi) is 8.43. The average Bonchev–Trinajstić information content (AvgIpc) is 3.29. The Labute approximate surface area is 228 Å². The largest absolute Gasteiger partial charge is 0.416 e. The maximum atomic E-state index is 13.4. The van der Waals surface area contributed by atoms with Crippen molar-refractivity contribution in [1.82, 2.24) is 20.0 Å². The first-order valence-corrected chi connectivity index (χ1v) is 12.7. The van der Waals surface area contributed by atoms with Crippen LogP contribution in [0.1, 0.15) is 49.5 Å². The summed E-state index contributed by atoms with van der Waals surface area (Å²) >= 11 is 0. The lowest BCUT2D eigenvalue weighted by Gasteiger charge is -2.39. The molecule has 0 saturated carbocycles. The monoisotopic (exact) mass is 572 g/mol. The second-order valence-electron chi connectivity index (χ2n) is 9.86. The number of carbonyl (C=O) groups is 3. The van der Waals surface area contributed by atoms with Crippen LogP contribution in [-0.2, 0) is 28.5 Å². The van der Waals surface area contributed by atoms with Gasteiger partial charge in [0.05, 0.1) is 11.1 Å². The molecule has 0 radical (unpaired) electrons. The number of alkyl halides is 6. The summed E-state index contributed by atoms with van der Waals surface area (Å²) in [6, 6.07) is 8.56. The fourth-order valence-corrected chi connectivity index (χ4v) is 5.21. The minimum Gasteiger partial charge on any atom is -0.350 e. The predicted octanol–water partition coefficient (Wildman–Crippen LogP) is 5.08. The van der Waals surface area contributed by atoms with Crippen molar-refractivity contribution in [3.63, 3.8) is 0 Å². The maximum Gasteiger partial charge on any atom is 0.416 e. The second kappa shape index (κ2) is 11.5. The fraction of sp³-hybridized carbons (Fsp3) is 0.444. The van der Waals surface area contributed by atoms with E-state index in [2.05, 4.69) is 5.32 Å². The van der Waals surface area contributed by atoms with Crippen LogP contribution in [0.2, 0.25) is 0 Å². The number of amides is 4. The number of urea groups is 1. The van der Waals surface area contributed by atoms with E-state index in [1.165, 1.54) is 11.8 Å². The number of halogens is 6. The van der Waals surface area contributed by atoms with Crippen molar-refractivity contribution in [2.24, 2.45) is 0 Å². The summed E-state index contributed by atoms with van der Waals surface area (Å²) in [5.74, 6) is -0.899. The molecule has 2 saturated heterocycles. The first-order chi connectivity index (χ1) is 18.8. The van der Waals surface area contributed by atoms with Gasteiger partial charge < -0.3 is 10.2 Å². The number of nitrogens with one attached hydrogen (secondary N) is 1. The Morgan fingerprint density at radius 3 is 2.00 bits per heavy atom. The van der Waals surface area contributed by atoms with E-state index in [-0.39, 0.29) is 31.0 Å². The van der Waals surface area contributed by atoms with Crippen molar-refractivity contribution < 1.29 is 42.2 Å².